The Morgan fingerprint density at radius 3 is 2.51 bits per heavy atom. The standard InChI is InChI=1S/C29H40N4O4/c30-18-24(34)19-31-28(36)25(16-21-12-13-22-9-4-5-10-23(22)15-21)32-29(37)26-11-6-14-33(26)27(35)17-20-7-2-1-3-8-20/h4-5,9-10,12-13,15,20,24-26,34H,1-3,6-8,11,14,16-19,30H2,(H,31,36)(H,32,37)/t24?,25-,26?/m1/s1. The quantitative estimate of drug-likeness (QED) is 0.392. The average molecular weight is 509 g/mol. The number of hydrogen-bond donors (Lipinski definition) is 4. The van der Waals surface area contributed by atoms with E-state index < -0.39 is 18.2 Å². The molecule has 2 fully saturated rings. The van der Waals surface area contributed by atoms with E-state index in [2.05, 4.69) is 10.6 Å². The topological polar surface area (TPSA) is 125 Å². The number of nitrogens with one attached hydrogen (secondary N) is 2. The summed E-state index contributed by atoms with van der Waals surface area (Å²) in [6.07, 6.45) is 7.06. The smallest absolute Gasteiger partial charge is 0.243 e. The van der Waals surface area contributed by atoms with Gasteiger partial charge in [0.2, 0.25) is 17.7 Å². The molecule has 2 aromatic rings. The van der Waals surface area contributed by atoms with E-state index in [1.807, 2.05) is 42.5 Å². The van der Waals surface area contributed by atoms with Crippen LogP contribution in [0.3, 0.4) is 0 Å². The second kappa shape index (κ2) is 13.0. The van der Waals surface area contributed by atoms with Crippen molar-refractivity contribution in [3.8, 4) is 0 Å². The summed E-state index contributed by atoms with van der Waals surface area (Å²) in [6, 6.07) is 12.6. The molecule has 0 aromatic heterocycles. The zero-order valence-corrected chi connectivity index (χ0v) is 21.5. The molecule has 3 amide bonds. The summed E-state index contributed by atoms with van der Waals surface area (Å²) >= 11 is 0. The molecule has 1 saturated heterocycles. The molecule has 37 heavy (non-hydrogen) atoms. The molecule has 8 heteroatoms. The molecule has 0 radical (unpaired) electrons. The van der Waals surface area contributed by atoms with Gasteiger partial charge < -0.3 is 26.4 Å². The third-order valence-electron chi connectivity index (χ3n) is 7.73. The normalized spacial score (nSPS) is 19.9. The Kier molecular flexibility index (Phi) is 9.52. The van der Waals surface area contributed by atoms with Crippen molar-refractivity contribution in [2.45, 2.75) is 76.0 Å². The molecule has 1 aliphatic carbocycles. The number of carbonyl (C=O) groups is 3. The Balaban J connectivity index is 1.45. The van der Waals surface area contributed by atoms with E-state index in [-0.39, 0.29) is 30.8 Å². The van der Waals surface area contributed by atoms with Gasteiger partial charge in [-0.1, -0.05) is 61.7 Å². The Hall–Kier alpha value is -2.97. The Morgan fingerprint density at radius 2 is 1.76 bits per heavy atom. The fourth-order valence-electron chi connectivity index (χ4n) is 5.60. The van der Waals surface area contributed by atoms with Gasteiger partial charge in [-0.25, -0.2) is 0 Å². The van der Waals surface area contributed by atoms with Crippen molar-refractivity contribution in [2.24, 2.45) is 11.7 Å². The first-order chi connectivity index (χ1) is 17.9. The van der Waals surface area contributed by atoms with Gasteiger partial charge in [0, 0.05) is 32.5 Å². The van der Waals surface area contributed by atoms with Crippen LogP contribution in [0.1, 0.15) is 56.9 Å². The first-order valence-corrected chi connectivity index (χ1v) is 13.7. The zero-order chi connectivity index (χ0) is 26.2. The number of likely N-dealkylation sites (tertiary alicyclic amines) is 1. The summed E-state index contributed by atoms with van der Waals surface area (Å²) in [5, 5.41) is 17.6. The highest BCUT2D eigenvalue weighted by Crippen LogP contribution is 2.28. The number of aliphatic hydroxyl groups excluding tert-OH is 1. The lowest BCUT2D eigenvalue weighted by molar-refractivity contribution is -0.140. The Morgan fingerprint density at radius 1 is 1.00 bits per heavy atom. The third kappa shape index (κ3) is 7.29. The summed E-state index contributed by atoms with van der Waals surface area (Å²) < 4.78 is 0. The number of nitrogens with two attached hydrogens (primary N) is 1. The molecule has 3 atom stereocenters. The molecule has 1 heterocycles. The molecular weight excluding hydrogens is 468 g/mol. The van der Waals surface area contributed by atoms with Crippen LogP contribution in [0, 0.1) is 5.92 Å². The summed E-state index contributed by atoms with van der Waals surface area (Å²) in [5.74, 6) is -0.223. The monoisotopic (exact) mass is 508 g/mol. The second-order valence-electron chi connectivity index (χ2n) is 10.5. The van der Waals surface area contributed by atoms with Crippen molar-refractivity contribution in [3.05, 3.63) is 48.0 Å². The predicted octanol–water partition coefficient (Wildman–Crippen LogP) is 2.26. The van der Waals surface area contributed by atoms with E-state index in [0.29, 0.717) is 31.7 Å². The summed E-state index contributed by atoms with van der Waals surface area (Å²) in [5.41, 5.74) is 6.39. The molecule has 2 aromatic carbocycles. The van der Waals surface area contributed by atoms with Crippen LogP contribution in [0.4, 0.5) is 0 Å². The lowest BCUT2D eigenvalue weighted by Gasteiger charge is -2.29. The maximum Gasteiger partial charge on any atom is 0.243 e. The molecule has 4 rings (SSSR count). The number of rotatable bonds is 10. The molecular formula is C29H40N4O4. The molecule has 1 saturated carbocycles. The first-order valence-electron chi connectivity index (χ1n) is 13.7. The molecule has 8 nitrogen and oxygen atoms in total. The maximum atomic E-state index is 13.4. The van der Waals surface area contributed by atoms with Gasteiger partial charge in [-0.05, 0) is 47.9 Å². The van der Waals surface area contributed by atoms with Crippen LogP contribution in [0.15, 0.2) is 42.5 Å². The third-order valence-corrected chi connectivity index (χ3v) is 7.73. The lowest BCUT2D eigenvalue weighted by atomic mass is 9.86. The average Bonchev–Trinajstić information content (AvgIpc) is 3.42. The molecule has 2 aliphatic rings. The number of nitrogens with zero attached hydrogens (tertiary/aromatic N) is 1. The van der Waals surface area contributed by atoms with Gasteiger partial charge in [0.05, 0.1) is 6.10 Å². The minimum absolute atomic E-state index is 0.00878. The summed E-state index contributed by atoms with van der Waals surface area (Å²) in [6.45, 7) is 0.616. The predicted molar refractivity (Wildman–Crippen MR) is 144 cm³/mol. The number of aliphatic hydroxyl groups is 1. The van der Waals surface area contributed by atoms with Crippen LogP contribution in [-0.4, -0.2) is 65.5 Å². The van der Waals surface area contributed by atoms with Gasteiger partial charge in [0.15, 0.2) is 0 Å². The van der Waals surface area contributed by atoms with Gasteiger partial charge in [0.1, 0.15) is 12.1 Å². The van der Waals surface area contributed by atoms with Crippen molar-refractivity contribution in [2.75, 3.05) is 19.6 Å². The number of fused-ring (bicyclic) bond motifs is 1. The minimum Gasteiger partial charge on any atom is -0.390 e. The molecule has 5 N–H and O–H groups in total. The van der Waals surface area contributed by atoms with E-state index in [9.17, 15) is 19.5 Å². The number of carbonyl (C=O) groups excluding carboxylic acids is 3. The fraction of sp³-hybridized carbons (Fsp3) is 0.552. The van der Waals surface area contributed by atoms with Crippen molar-refractivity contribution < 1.29 is 19.5 Å². The molecule has 2 unspecified atom stereocenters. The molecule has 1 aliphatic heterocycles. The van der Waals surface area contributed by atoms with Crippen LogP contribution < -0.4 is 16.4 Å². The second-order valence-corrected chi connectivity index (χ2v) is 10.5. The van der Waals surface area contributed by atoms with Gasteiger partial charge in [-0.2, -0.15) is 0 Å². The highest BCUT2D eigenvalue weighted by Gasteiger charge is 2.36. The number of amides is 3. The van der Waals surface area contributed by atoms with Crippen molar-refractivity contribution in [3.63, 3.8) is 0 Å². The van der Waals surface area contributed by atoms with E-state index in [0.717, 1.165) is 35.6 Å². The van der Waals surface area contributed by atoms with Crippen LogP contribution in [-0.2, 0) is 20.8 Å². The zero-order valence-electron chi connectivity index (χ0n) is 21.5. The highest BCUT2D eigenvalue weighted by atomic mass is 16.3. The molecule has 200 valence electrons. The van der Waals surface area contributed by atoms with E-state index >= 15 is 0 Å². The van der Waals surface area contributed by atoms with Gasteiger partial charge in [-0.15, -0.1) is 0 Å². The minimum atomic E-state index is -0.858. The fourth-order valence-corrected chi connectivity index (χ4v) is 5.60. The summed E-state index contributed by atoms with van der Waals surface area (Å²) in [7, 11) is 0. The SMILES string of the molecule is NCC(O)CNC(=O)[C@@H](Cc1ccc2ccccc2c1)NC(=O)C1CCCN1C(=O)CC1CCCCC1. The van der Waals surface area contributed by atoms with Gasteiger partial charge in [-0.3, -0.25) is 14.4 Å². The van der Waals surface area contributed by atoms with Crippen LogP contribution >= 0.6 is 0 Å². The number of hydrogen-bond acceptors (Lipinski definition) is 5. The molecule has 0 bridgehead atoms. The Bertz CT molecular complexity index is 1080. The van der Waals surface area contributed by atoms with E-state index in [4.69, 9.17) is 5.73 Å². The van der Waals surface area contributed by atoms with Crippen molar-refractivity contribution in [1.29, 1.82) is 0 Å². The molecule has 0 spiro atoms. The van der Waals surface area contributed by atoms with Gasteiger partial charge >= 0.3 is 0 Å². The lowest BCUT2D eigenvalue weighted by Crippen LogP contribution is -2.54. The Labute approximate surface area is 219 Å². The van der Waals surface area contributed by atoms with Crippen LogP contribution in [0.5, 0.6) is 0 Å². The first kappa shape index (κ1) is 27.1. The van der Waals surface area contributed by atoms with Crippen LogP contribution in [0.2, 0.25) is 0 Å². The van der Waals surface area contributed by atoms with Crippen LogP contribution in [0.25, 0.3) is 10.8 Å². The summed E-state index contributed by atoms with van der Waals surface area (Å²) in [4.78, 5) is 41.3. The van der Waals surface area contributed by atoms with Crippen molar-refractivity contribution in [1.82, 2.24) is 15.5 Å². The number of benzene rings is 2. The van der Waals surface area contributed by atoms with Crippen molar-refractivity contribution >= 4 is 28.5 Å². The van der Waals surface area contributed by atoms with E-state index in [1.165, 1.54) is 19.3 Å². The van der Waals surface area contributed by atoms with E-state index in [1.54, 1.807) is 4.90 Å². The largest absolute Gasteiger partial charge is 0.390 e. The highest BCUT2D eigenvalue weighted by molar-refractivity contribution is 5.93. The van der Waals surface area contributed by atoms with Gasteiger partial charge in [0.25, 0.3) is 0 Å². The maximum absolute atomic E-state index is 13.4.